The maximum atomic E-state index is 4.81. The fraction of sp³-hybridized carbons (Fsp3) is 0.377. The van der Waals surface area contributed by atoms with E-state index in [-0.39, 0.29) is 22.2 Å². The third kappa shape index (κ3) is 7.81. The molecule has 4 aromatic rings. The van der Waals surface area contributed by atoms with Gasteiger partial charge in [-0.2, -0.15) is 0 Å². The van der Waals surface area contributed by atoms with Crippen LogP contribution in [0.4, 0.5) is 0 Å². The van der Waals surface area contributed by atoms with Crippen molar-refractivity contribution in [1.82, 2.24) is 0 Å². The normalized spacial score (nSPS) is 20.3. The average molecular weight is 699 g/mol. The molecule has 2 atom stereocenters. The van der Waals surface area contributed by atoms with E-state index in [1.54, 1.807) is 5.57 Å². The summed E-state index contributed by atoms with van der Waals surface area (Å²) in [6, 6.07) is 34.3. The van der Waals surface area contributed by atoms with E-state index in [1.807, 2.05) is 0 Å². The lowest BCUT2D eigenvalue weighted by Crippen LogP contribution is -2.34. The van der Waals surface area contributed by atoms with Crippen molar-refractivity contribution in [2.24, 2.45) is 10.8 Å². The summed E-state index contributed by atoms with van der Waals surface area (Å²) in [4.78, 5) is 0. The highest BCUT2D eigenvalue weighted by atomic mass is 14.5. The summed E-state index contributed by atoms with van der Waals surface area (Å²) in [6.07, 6.45) is 12.3. The Labute approximate surface area is 322 Å². The van der Waals surface area contributed by atoms with E-state index >= 15 is 0 Å². The van der Waals surface area contributed by atoms with E-state index in [2.05, 4.69) is 184 Å². The van der Waals surface area contributed by atoms with Crippen LogP contribution in [0.5, 0.6) is 0 Å². The summed E-state index contributed by atoms with van der Waals surface area (Å²) in [5, 5.41) is 0. The van der Waals surface area contributed by atoms with Gasteiger partial charge in [0.25, 0.3) is 0 Å². The Kier molecular flexibility index (Phi) is 11.0. The van der Waals surface area contributed by atoms with Crippen molar-refractivity contribution < 1.29 is 0 Å². The molecule has 0 heteroatoms. The molecule has 0 saturated carbocycles. The molecule has 0 unspecified atom stereocenters. The molecule has 0 aliphatic heterocycles. The predicted molar refractivity (Wildman–Crippen MR) is 232 cm³/mol. The van der Waals surface area contributed by atoms with Gasteiger partial charge in [0.15, 0.2) is 0 Å². The fourth-order valence-corrected chi connectivity index (χ4v) is 9.08. The molecule has 4 aromatic carbocycles. The average Bonchev–Trinajstić information content (AvgIpc) is 3.13. The molecule has 0 nitrogen and oxygen atoms in total. The van der Waals surface area contributed by atoms with Gasteiger partial charge in [-0.15, -0.1) is 5.73 Å². The SMILES string of the molecule is C=C(CC[C@@]1(C)CC=C(c2ccc(C(C)C)cc2)C(C)(C)/C1=C/CC)c1ccccc1C1=C=Cc2cc(C(C)(C)C)ccc2[C@@H]1Cc1ccccc1C. The molecule has 6 rings (SSSR count). The van der Waals surface area contributed by atoms with E-state index in [0.717, 1.165) is 32.1 Å². The Balaban J connectivity index is 1.33. The lowest BCUT2D eigenvalue weighted by molar-refractivity contribution is 0.302. The van der Waals surface area contributed by atoms with Crippen molar-refractivity contribution in [2.75, 3.05) is 0 Å². The smallest absolute Gasteiger partial charge is 0.0216 e. The third-order valence-electron chi connectivity index (χ3n) is 12.4. The molecule has 2 aliphatic carbocycles. The number of rotatable bonds is 10. The van der Waals surface area contributed by atoms with Gasteiger partial charge in [0, 0.05) is 16.9 Å². The molecule has 0 spiro atoms. The lowest BCUT2D eigenvalue weighted by Gasteiger charge is -2.47. The van der Waals surface area contributed by atoms with Gasteiger partial charge in [-0.25, -0.2) is 0 Å². The Morgan fingerprint density at radius 1 is 0.925 bits per heavy atom. The summed E-state index contributed by atoms with van der Waals surface area (Å²) in [7, 11) is 0. The van der Waals surface area contributed by atoms with E-state index in [1.165, 1.54) is 66.8 Å². The molecule has 0 saturated heterocycles. The zero-order valence-corrected chi connectivity index (χ0v) is 34.3. The van der Waals surface area contributed by atoms with Crippen molar-refractivity contribution in [3.05, 3.63) is 171 Å². The highest BCUT2D eigenvalue weighted by Gasteiger charge is 2.43. The molecular formula is C53H62. The van der Waals surface area contributed by atoms with Gasteiger partial charge in [-0.1, -0.05) is 178 Å². The lowest BCUT2D eigenvalue weighted by atomic mass is 9.57. The van der Waals surface area contributed by atoms with E-state index in [9.17, 15) is 0 Å². The number of allylic oxidation sites excluding steroid dienone is 6. The van der Waals surface area contributed by atoms with Crippen LogP contribution in [0.3, 0.4) is 0 Å². The summed E-state index contributed by atoms with van der Waals surface area (Å²) in [5.74, 6) is 0.740. The molecule has 0 bridgehead atoms. The van der Waals surface area contributed by atoms with E-state index < -0.39 is 0 Å². The molecule has 274 valence electrons. The molecule has 0 N–H and O–H groups in total. The number of benzene rings is 4. The van der Waals surface area contributed by atoms with Crippen LogP contribution in [-0.2, 0) is 11.8 Å². The van der Waals surface area contributed by atoms with Crippen molar-refractivity contribution >= 4 is 22.8 Å². The molecular weight excluding hydrogens is 637 g/mol. The van der Waals surface area contributed by atoms with E-state index in [0.29, 0.717) is 5.92 Å². The standard InChI is InChI=1S/C53H62/c1-12-17-50-52(9,10)49(40-24-22-39(23-25-40)36(2)3)31-33-53(50,11)32-30-38(5)44-20-15-16-21-46(44)47-28-26-42-34-43(51(6,7)8)27-29-45(42)48(47)35-41-19-14-13-18-37(41)4/h13-27,29,31,34,36,48H,5,12,30,32-33,35H2,1-4,6-11H3/b50-17-/t48-,53-/m0/s1. The zero-order chi connectivity index (χ0) is 38.1. The predicted octanol–water partition coefficient (Wildman–Crippen LogP) is 15.1. The van der Waals surface area contributed by atoms with Crippen LogP contribution in [0, 0.1) is 17.8 Å². The van der Waals surface area contributed by atoms with Gasteiger partial charge in [0.05, 0.1) is 0 Å². The van der Waals surface area contributed by atoms with Crippen molar-refractivity contribution in [3.8, 4) is 0 Å². The van der Waals surface area contributed by atoms with Crippen LogP contribution < -0.4 is 0 Å². The van der Waals surface area contributed by atoms with Crippen molar-refractivity contribution in [1.29, 1.82) is 0 Å². The van der Waals surface area contributed by atoms with Crippen LogP contribution in [0.2, 0.25) is 0 Å². The summed E-state index contributed by atoms with van der Waals surface area (Å²) in [6.45, 7) is 28.2. The second kappa shape index (κ2) is 15.2. The number of aryl methyl sites for hydroxylation is 1. The number of hydrogen-bond acceptors (Lipinski definition) is 0. The largest absolute Gasteiger partial charge is 0.115 e. The maximum absolute atomic E-state index is 4.81. The first kappa shape index (κ1) is 38.3. The molecule has 53 heavy (non-hydrogen) atoms. The van der Waals surface area contributed by atoms with Crippen LogP contribution in [-0.4, -0.2) is 0 Å². The van der Waals surface area contributed by atoms with Gasteiger partial charge < -0.3 is 0 Å². The van der Waals surface area contributed by atoms with Crippen LogP contribution >= 0.6 is 0 Å². The summed E-state index contributed by atoms with van der Waals surface area (Å²) >= 11 is 0. The monoisotopic (exact) mass is 698 g/mol. The van der Waals surface area contributed by atoms with Crippen LogP contribution in [0.1, 0.15) is 150 Å². The first-order valence-electron chi connectivity index (χ1n) is 20.1. The van der Waals surface area contributed by atoms with Crippen molar-refractivity contribution in [2.45, 2.75) is 119 Å². The fourth-order valence-electron chi connectivity index (χ4n) is 9.08. The Bertz CT molecular complexity index is 2110. The van der Waals surface area contributed by atoms with Gasteiger partial charge in [0.1, 0.15) is 0 Å². The first-order chi connectivity index (χ1) is 25.1. The molecule has 2 aliphatic rings. The van der Waals surface area contributed by atoms with Gasteiger partial charge in [-0.3, -0.25) is 0 Å². The molecule has 0 fully saturated rings. The minimum atomic E-state index is -0.0532. The Morgan fingerprint density at radius 3 is 2.30 bits per heavy atom. The van der Waals surface area contributed by atoms with Gasteiger partial charge >= 0.3 is 0 Å². The summed E-state index contributed by atoms with van der Waals surface area (Å²) in [5.41, 5.74) is 21.5. The van der Waals surface area contributed by atoms with Crippen LogP contribution in [0.25, 0.3) is 22.8 Å². The second-order valence-corrected chi connectivity index (χ2v) is 17.9. The minimum absolute atomic E-state index is 0.0532. The van der Waals surface area contributed by atoms with E-state index in [4.69, 9.17) is 6.58 Å². The zero-order valence-electron chi connectivity index (χ0n) is 34.3. The maximum Gasteiger partial charge on any atom is 0.0216 e. The number of hydrogen-bond donors (Lipinski definition) is 0. The minimum Gasteiger partial charge on any atom is -0.115 e. The van der Waals surface area contributed by atoms with Gasteiger partial charge in [0.2, 0.25) is 0 Å². The highest BCUT2D eigenvalue weighted by Crippen LogP contribution is 2.56. The van der Waals surface area contributed by atoms with Crippen molar-refractivity contribution in [3.63, 3.8) is 0 Å². The Hall–Kier alpha value is -4.38. The molecule has 0 amide bonds. The molecule has 0 aromatic heterocycles. The molecule has 0 radical (unpaired) electrons. The third-order valence-corrected chi connectivity index (χ3v) is 12.4. The van der Waals surface area contributed by atoms with Crippen LogP contribution in [0.15, 0.2) is 121 Å². The topological polar surface area (TPSA) is 0 Å². The Morgan fingerprint density at radius 2 is 1.62 bits per heavy atom. The highest BCUT2D eigenvalue weighted by molar-refractivity contribution is 5.86. The second-order valence-electron chi connectivity index (χ2n) is 17.9. The molecule has 0 heterocycles. The first-order valence-corrected chi connectivity index (χ1v) is 20.1. The van der Waals surface area contributed by atoms with Gasteiger partial charge in [-0.05, 0) is 123 Å². The number of fused-ring (bicyclic) bond motifs is 1. The summed E-state index contributed by atoms with van der Waals surface area (Å²) < 4.78 is 0. The quantitative estimate of drug-likeness (QED) is 0.114.